The molecule has 0 aliphatic rings. The summed E-state index contributed by atoms with van der Waals surface area (Å²) in [6, 6.07) is -0.648. The van der Waals surface area contributed by atoms with E-state index in [2.05, 4.69) is 55.6 Å². The molecule has 0 aromatic rings. The fraction of sp³-hybridized carbons (Fsp3) is 0.827. The zero-order chi connectivity index (χ0) is 40.7. The molecule has 0 radical (unpaired) electrons. The zero-order valence-corrected chi connectivity index (χ0v) is 37.7. The third-order valence-corrected chi connectivity index (χ3v) is 11.3. The maximum atomic E-state index is 12.4. The minimum absolute atomic E-state index is 0.0810. The molecule has 56 heavy (non-hydrogen) atoms. The summed E-state index contributed by atoms with van der Waals surface area (Å²) in [6.45, 7) is 4.31. The zero-order valence-electron chi connectivity index (χ0n) is 37.7. The molecule has 4 nitrogen and oxygen atoms in total. The molecule has 0 saturated carbocycles. The van der Waals surface area contributed by atoms with Gasteiger partial charge in [0, 0.05) is 6.42 Å². The van der Waals surface area contributed by atoms with Gasteiger partial charge in [-0.15, -0.1) is 0 Å². The molecule has 0 aromatic carbocycles. The first kappa shape index (κ1) is 54.3. The van der Waals surface area contributed by atoms with Crippen LogP contribution in [-0.2, 0) is 4.79 Å². The molecular weight excluding hydrogens is 687 g/mol. The van der Waals surface area contributed by atoms with Crippen molar-refractivity contribution in [3.8, 4) is 0 Å². The van der Waals surface area contributed by atoms with E-state index in [1.807, 2.05) is 6.08 Å². The number of allylic oxidation sites excluding steroid dienone is 7. The molecule has 0 rings (SSSR count). The van der Waals surface area contributed by atoms with Crippen LogP contribution in [0.4, 0.5) is 0 Å². The number of aliphatic hydroxyl groups is 2. The summed E-state index contributed by atoms with van der Waals surface area (Å²) in [7, 11) is 0. The van der Waals surface area contributed by atoms with E-state index in [-0.39, 0.29) is 12.5 Å². The largest absolute Gasteiger partial charge is 0.394 e. The molecule has 0 aromatic heterocycles. The van der Waals surface area contributed by atoms with Gasteiger partial charge in [0.25, 0.3) is 0 Å². The molecule has 3 N–H and O–H groups in total. The van der Waals surface area contributed by atoms with Crippen molar-refractivity contribution < 1.29 is 15.0 Å². The minimum atomic E-state index is -0.873. The van der Waals surface area contributed by atoms with Gasteiger partial charge in [-0.05, 0) is 70.6 Å². The molecule has 2 atom stereocenters. The van der Waals surface area contributed by atoms with Crippen LogP contribution in [0.2, 0.25) is 0 Å². The fourth-order valence-corrected chi connectivity index (χ4v) is 7.44. The normalized spacial score (nSPS) is 13.3. The first-order valence-electron chi connectivity index (χ1n) is 24.9. The number of aliphatic hydroxyl groups excluding tert-OH is 2. The molecule has 0 aliphatic heterocycles. The molecule has 328 valence electrons. The molecule has 1 amide bonds. The number of carbonyl (C=O) groups excluding carboxylic acids is 1. The van der Waals surface area contributed by atoms with Gasteiger partial charge in [-0.25, -0.2) is 0 Å². The van der Waals surface area contributed by atoms with Crippen LogP contribution in [0, 0.1) is 0 Å². The van der Waals surface area contributed by atoms with E-state index in [1.54, 1.807) is 6.08 Å². The molecular formula is C52H97NO3. The van der Waals surface area contributed by atoms with Crippen molar-refractivity contribution in [2.75, 3.05) is 6.61 Å². The summed E-state index contributed by atoms with van der Waals surface area (Å²) in [5.41, 5.74) is 0. The number of carbonyl (C=O) groups is 1. The quantitative estimate of drug-likeness (QED) is 0.0425. The third-order valence-electron chi connectivity index (χ3n) is 11.3. The predicted octanol–water partition coefficient (Wildman–Crippen LogP) is 15.9. The maximum absolute atomic E-state index is 12.4. The summed E-state index contributed by atoms with van der Waals surface area (Å²) in [5.74, 6) is -0.0810. The number of nitrogens with one attached hydrogen (secondary N) is 1. The highest BCUT2D eigenvalue weighted by molar-refractivity contribution is 5.76. The Balaban J connectivity index is 3.61. The second kappa shape index (κ2) is 47.7. The lowest BCUT2D eigenvalue weighted by molar-refractivity contribution is -0.123. The Kier molecular flexibility index (Phi) is 46.3. The molecule has 0 heterocycles. The van der Waals surface area contributed by atoms with E-state index in [0.29, 0.717) is 6.42 Å². The Bertz CT molecular complexity index is 893. The van der Waals surface area contributed by atoms with E-state index in [0.717, 1.165) is 38.5 Å². The first-order chi connectivity index (χ1) is 27.7. The fourth-order valence-electron chi connectivity index (χ4n) is 7.44. The average Bonchev–Trinajstić information content (AvgIpc) is 3.20. The van der Waals surface area contributed by atoms with Gasteiger partial charge in [0.05, 0.1) is 18.8 Å². The summed E-state index contributed by atoms with van der Waals surface area (Å²) in [6.07, 6.45) is 65.3. The maximum Gasteiger partial charge on any atom is 0.220 e. The van der Waals surface area contributed by atoms with Gasteiger partial charge >= 0.3 is 0 Å². The standard InChI is InChI=1S/C52H97NO3/c1-3-5-7-9-11-13-15-17-19-21-23-25-27-29-31-33-35-37-39-41-43-45-47-51(55)50(49-54)53-52(56)48-46-44-42-40-38-36-34-32-30-28-26-24-22-20-18-16-14-12-10-8-6-4-2/h28-31,37,39,45,47,50-51,54-55H,3-27,32-36,38,40-44,46,48-49H2,1-2H3,(H,53,56)/b30-28-,31-29+,39-37+,47-45+. The number of hydrogen-bond acceptors (Lipinski definition) is 3. The van der Waals surface area contributed by atoms with Crippen LogP contribution in [0.5, 0.6) is 0 Å². The van der Waals surface area contributed by atoms with Crippen molar-refractivity contribution in [2.45, 2.75) is 270 Å². The molecule has 0 saturated heterocycles. The minimum Gasteiger partial charge on any atom is -0.394 e. The Morgan fingerprint density at radius 2 is 0.696 bits per heavy atom. The van der Waals surface area contributed by atoms with Crippen molar-refractivity contribution in [3.63, 3.8) is 0 Å². The lowest BCUT2D eigenvalue weighted by Gasteiger charge is -2.19. The van der Waals surface area contributed by atoms with Crippen LogP contribution in [0.1, 0.15) is 258 Å². The number of unbranched alkanes of at least 4 members (excludes halogenated alkanes) is 32. The van der Waals surface area contributed by atoms with Gasteiger partial charge in [-0.3, -0.25) is 4.79 Å². The Morgan fingerprint density at radius 1 is 0.411 bits per heavy atom. The number of amides is 1. The summed E-state index contributed by atoms with van der Waals surface area (Å²) < 4.78 is 0. The van der Waals surface area contributed by atoms with E-state index < -0.39 is 12.1 Å². The van der Waals surface area contributed by atoms with Crippen molar-refractivity contribution in [2.24, 2.45) is 0 Å². The highest BCUT2D eigenvalue weighted by Crippen LogP contribution is 2.15. The Labute approximate surface area is 350 Å². The van der Waals surface area contributed by atoms with Gasteiger partial charge in [-0.1, -0.05) is 229 Å². The number of rotatable bonds is 45. The van der Waals surface area contributed by atoms with Crippen molar-refractivity contribution in [1.29, 1.82) is 0 Å². The van der Waals surface area contributed by atoms with Crippen LogP contribution < -0.4 is 5.32 Å². The highest BCUT2D eigenvalue weighted by atomic mass is 16.3. The summed E-state index contributed by atoms with van der Waals surface area (Å²) in [4.78, 5) is 12.4. The highest BCUT2D eigenvalue weighted by Gasteiger charge is 2.17. The summed E-state index contributed by atoms with van der Waals surface area (Å²) in [5, 5.41) is 23.1. The molecule has 2 unspecified atom stereocenters. The van der Waals surface area contributed by atoms with Crippen LogP contribution in [0.15, 0.2) is 48.6 Å². The van der Waals surface area contributed by atoms with Gasteiger partial charge in [-0.2, -0.15) is 0 Å². The second-order valence-electron chi connectivity index (χ2n) is 16.9. The summed E-state index contributed by atoms with van der Waals surface area (Å²) >= 11 is 0. The third kappa shape index (κ3) is 43.5. The molecule has 0 bridgehead atoms. The molecule has 4 heteroatoms. The van der Waals surface area contributed by atoms with E-state index >= 15 is 0 Å². The van der Waals surface area contributed by atoms with E-state index in [1.165, 1.54) is 199 Å². The van der Waals surface area contributed by atoms with Crippen molar-refractivity contribution in [1.82, 2.24) is 5.32 Å². The SMILES string of the molecule is CCCCCCCCCCCCC/C=C\CCCCCCCCCC(=O)NC(CO)C(O)/C=C/CC/C=C/CC/C=C/CCCCCCCCCCCCCC. The average molecular weight is 784 g/mol. The molecule has 0 aliphatic carbocycles. The lowest BCUT2D eigenvalue weighted by Crippen LogP contribution is -2.45. The van der Waals surface area contributed by atoms with Gasteiger partial charge < -0.3 is 15.5 Å². The lowest BCUT2D eigenvalue weighted by atomic mass is 10.0. The van der Waals surface area contributed by atoms with E-state index in [4.69, 9.17) is 0 Å². The monoisotopic (exact) mass is 784 g/mol. The molecule has 0 spiro atoms. The topological polar surface area (TPSA) is 69.6 Å². The van der Waals surface area contributed by atoms with Crippen LogP contribution in [0.25, 0.3) is 0 Å². The van der Waals surface area contributed by atoms with Gasteiger partial charge in [0.15, 0.2) is 0 Å². The van der Waals surface area contributed by atoms with Crippen LogP contribution in [0.3, 0.4) is 0 Å². The van der Waals surface area contributed by atoms with E-state index in [9.17, 15) is 15.0 Å². The smallest absolute Gasteiger partial charge is 0.220 e. The predicted molar refractivity (Wildman–Crippen MR) is 248 cm³/mol. The Hall–Kier alpha value is -1.65. The van der Waals surface area contributed by atoms with Gasteiger partial charge in [0.2, 0.25) is 5.91 Å². The van der Waals surface area contributed by atoms with Crippen molar-refractivity contribution >= 4 is 5.91 Å². The second-order valence-corrected chi connectivity index (χ2v) is 16.9. The number of hydrogen-bond donors (Lipinski definition) is 3. The van der Waals surface area contributed by atoms with Crippen LogP contribution in [-0.4, -0.2) is 34.9 Å². The molecule has 0 fully saturated rings. The van der Waals surface area contributed by atoms with Crippen LogP contribution >= 0.6 is 0 Å². The van der Waals surface area contributed by atoms with Crippen molar-refractivity contribution in [3.05, 3.63) is 48.6 Å². The first-order valence-corrected chi connectivity index (χ1v) is 24.9. The Morgan fingerprint density at radius 3 is 1.04 bits per heavy atom. The van der Waals surface area contributed by atoms with Gasteiger partial charge in [0.1, 0.15) is 0 Å².